The number of piperidine rings is 2. The molecule has 5 fully saturated rings. The van der Waals surface area contributed by atoms with Crippen LogP contribution in [-0.2, 0) is 14.9 Å². The van der Waals surface area contributed by atoms with Crippen LogP contribution in [0.3, 0.4) is 0 Å². The molecule has 166 valence electrons. The van der Waals surface area contributed by atoms with Crippen LogP contribution in [0.4, 0.5) is 5.69 Å². The number of anilines is 1. The van der Waals surface area contributed by atoms with Crippen molar-refractivity contribution < 1.29 is 29.2 Å². The lowest BCUT2D eigenvalue weighted by Gasteiger charge is -2.61. The Morgan fingerprint density at radius 3 is 2.77 bits per heavy atom. The first-order valence-electron chi connectivity index (χ1n) is 11.3. The van der Waals surface area contributed by atoms with E-state index in [9.17, 15) is 15.0 Å². The number of nitrogens with zero attached hydrogens (tertiary/aromatic N) is 2. The van der Waals surface area contributed by atoms with Gasteiger partial charge in [-0.25, -0.2) is 0 Å². The summed E-state index contributed by atoms with van der Waals surface area (Å²) < 4.78 is 17.4. The second-order valence-electron chi connectivity index (χ2n) is 10.2. The van der Waals surface area contributed by atoms with Crippen LogP contribution in [0.2, 0.25) is 0 Å². The fraction of sp³-hybridized carbons (Fsp3) is 0.696. The van der Waals surface area contributed by atoms with E-state index in [1.165, 1.54) is 0 Å². The molecule has 1 aromatic carbocycles. The van der Waals surface area contributed by atoms with Gasteiger partial charge in [-0.15, -0.1) is 0 Å². The molecule has 1 saturated carbocycles. The Morgan fingerprint density at radius 2 is 2.00 bits per heavy atom. The predicted octanol–water partition coefficient (Wildman–Crippen LogP) is 0.275. The monoisotopic (exact) mass is 428 g/mol. The van der Waals surface area contributed by atoms with Gasteiger partial charge in [0.25, 0.3) is 0 Å². The summed E-state index contributed by atoms with van der Waals surface area (Å²) in [7, 11) is 3.26. The first kappa shape index (κ1) is 18.7. The average Bonchev–Trinajstić information content (AvgIpc) is 3.26. The second kappa shape index (κ2) is 5.73. The standard InChI is InChI=1S/C23H28N2O6/c1-29-14-5-11-13(7-15(14)30-2)25-19(27)8-16-20-12-6-17-22(11,21(20)25)3-4-24(17)10-23(12,28)18(26)9-31-16/h5,7,12,16-18,20-21,26,28H,3-4,6,8-10H2,1-2H3/t12-,16-,17+,18+,20-,21-,22+,23-/m0/s1. The van der Waals surface area contributed by atoms with Crippen molar-refractivity contribution in [3.63, 3.8) is 0 Å². The van der Waals surface area contributed by atoms with E-state index < -0.39 is 11.7 Å². The molecule has 4 saturated heterocycles. The van der Waals surface area contributed by atoms with Crippen LogP contribution < -0.4 is 14.4 Å². The number of benzene rings is 1. The molecule has 2 bridgehead atoms. The molecule has 31 heavy (non-hydrogen) atoms. The van der Waals surface area contributed by atoms with E-state index in [4.69, 9.17) is 14.2 Å². The third-order valence-electron chi connectivity index (χ3n) is 9.44. The molecular weight excluding hydrogens is 400 g/mol. The van der Waals surface area contributed by atoms with E-state index in [2.05, 4.69) is 11.0 Å². The van der Waals surface area contributed by atoms with Crippen LogP contribution in [-0.4, -0.2) is 84.8 Å². The number of rotatable bonds is 2. The lowest BCUT2D eigenvalue weighted by atomic mass is 9.51. The fourth-order valence-electron chi connectivity index (χ4n) is 8.32. The molecule has 2 N–H and O–H groups in total. The summed E-state index contributed by atoms with van der Waals surface area (Å²) in [5.74, 6) is 1.24. The van der Waals surface area contributed by atoms with Gasteiger partial charge in [-0.3, -0.25) is 9.69 Å². The highest BCUT2D eigenvalue weighted by Gasteiger charge is 2.75. The first-order chi connectivity index (χ1) is 14.9. The highest BCUT2D eigenvalue weighted by Crippen LogP contribution is 2.67. The summed E-state index contributed by atoms with van der Waals surface area (Å²) in [5, 5.41) is 22.7. The smallest absolute Gasteiger partial charge is 0.229 e. The fourth-order valence-corrected chi connectivity index (χ4v) is 8.32. The molecule has 1 spiro atoms. The molecule has 1 aromatic rings. The second-order valence-corrected chi connectivity index (χ2v) is 10.2. The molecule has 5 heterocycles. The van der Waals surface area contributed by atoms with Crippen LogP contribution in [0.25, 0.3) is 0 Å². The largest absolute Gasteiger partial charge is 0.493 e. The molecular formula is C23H28N2O6. The van der Waals surface area contributed by atoms with E-state index in [1.54, 1.807) is 14.2 Å². The van der Waals surface area contributed by atoms with Crippen molar-refractivity contribution in [1.82, 2.24) is 4.90 Å². The summed E-state index contributed by atoms with van der Waals surface area (Å²) in [6.07, 6.45) is 0.787. The van der Waals surface area contributed by atoms with Gasteiger partial charge in [-0.1, -0.05) is 0 Å². The molecule has 0 unspecified atom stereocenters. The third kappa shape index (κ3) is 1.92. The molecule has 7 rings (SSSR count). The molecule has 1 amide bonds. The summed E-state index contributed by atoms with van der Waals surface area (Å²) >= 11 is 0. The molecule has 8 atom stereocenters. The minimum atomic E-state index is -1.21. The van der Waals surface area contributed by atoms with Crippen LogP contribution in [0.15, 0.2) is 12.1 Å². The molecule has 5 aliphatic heterocycles. The Bertz CT molecular complexity index is 1000. The Hall–Kier alpha value is -1.87. The number of carbonyl (C=O) groups excluding carboxylic acids is 1. The van der Waals surface area contributed by atoms with Crippen LogP contribution in [0, 0.1) is 11.8 Å². The highest BCUT2D eigenvalue weighted by molar-refractivity contribution is 5.99. The number of aliphatic hydroxyl groups excluding tert-OH is 1. The van der Waals surface area contributed by atoms with Crippen molar-refractivity contribution in [2.75, 3.05) is 38.8 Å². The zero-order valence-corrected chi connectivity index (χ0v) is 17.8. The molecule has 8 nitrogen and oxygen atoms in total. The number of amides is 1. The Morgan fingerprint density at radius 1 is 1.23 bits per heavy atom. The normalized spacial score (nSPS) is 46.6. The van der Waals surface area contributed by atoms with Gasteiger partial charge in [-0.05, 0) is 31.0 Å². The maximum absolute atomic E-state index is 13.5. The highest BCUT2D eigenvalue weighted by atomic mass is 16.5. The zero-order chi connectivity index (χ0) is 21.3. The quantitative estimate of drug-likeness (QED) is 0.699. The first-order valence-corrected chi connectivity index (χ1v) is 11.3. The molecule has 0 aromatic heterocycles. The molecule has 0 radical (unpaired) electrons. The summed E-state index contributed by atoms with van der Waals surface area (Å²) in [4.78, 5) is 17.8. The molecule has 6 aliphatic rings. The summed E-state index contributed by atoms with van der Waals surface area (Å²) in [5.41, 5.74) is 0.645. The van der Waals surface area contributed by atoms with E-state index in [1.807, 2.05) is 11.0 Å². The van der Waals surface area contributed by atoms with E-state index in [0.29, 0.717) is 18.0 Å². The van der Waals surface area contributed by atoms with Gasteiger partial charge in [0, 0.05) is 35.9 Å². The van der Waals surface area contributed by atoms with Crippen molar-refractivity contribution in [2.24, 2.45) is 11.8 Å². The van der Waals surface area contributed by atoms with E-state index in [0.717, 1.165) is 30.6 Å². The molecule has 1 aliphatic carbocycles. The summed E-state index contributed by atoms with van der Waals surface area (Å²) in [6.45, 7) is 1.38. The number of carbonyl (C=O) groups is 1. The van der Waals surface area contributed by atoms with E-state index >= 15 is 0 Å². The maximum Gasteiger partial charge on any atom is 0.229 e. The summed E-state index contributed by atoms with van der Waals surface area (Å²) in [6, 6.07) is 4.16. The SMILES string of the molecule is COc1cc2c(cc1OC)[C@@]13CCN4C[C@@]5(O)[C@H](O)CO[C@H]6CC(=O)N2[C@H]1[C@H]6[C@@H]5C[C@@H]43. The number of aliphatic hydroxyl groups is 2. The van der Waals surface area contributed by atoms with Crippen molar-refractivity contribution in [3.05, 3.63) is 17.7 Å². The zero-order valence-electron chi connectivity index (χ0n) is 17.8. The number of ether oxygens (including phenoxy) is 3. The number of hydrogen-bond donors (Lipinski definition) is 2. The van der Waals surface area contributed by atoms with Crippen molar-refractivity contribution in [2.45, 2.75) is 54.6 Å². The average molecular weight is 428 g/mol. The van der Waals surface area contributed by atoms with E-state index in [-0.39, 0.29) is 54.4 Å². The Kier molecular flexibility index (Phi) is 3.45. The number of hydrogen-bond acceptors (Lipinski definition) is 7. The predicted molar refractivity (Wildman–Crippen MR) is 109 cm³/mol. The number of fused-ring (bicyclic) bond motifs is 2. The minimum absolute atomic E-state index is 0.0132. The van der Waals surface area contributed by atoms with Gasteiger partial charge in [0.05, 0.1) is 45.1 Å². The van der Waals surface area contributed by atoms with Crippen LogP contribution in [0.1, 0.15) is 24.8 Å². The van der Waals surface area contributed by atoms with Crippen LogP contribution >= 0.6 is 0 Å². The minimum Gasteiger partial charge on any atom is -0.493 e. The lowest BCUT2D eigenvalue weighted by Crippen LogP contribution is -2.74. The van der Waals surface area contributed by atoms with Gasteiger partial charge in [0.2, 0.25) is 5.91 Å². The van der Waals surface area contributed by atoms with Crippen molar-refractivity contribution in [3.8, 4) is 11.5 Å². The Labute approximate surface area is 180 Å². The maximum atomic E-state index is 13.5. The topological polar surface area (TPSA) is 91.7 Å². The lowest BCUT2D eigenvalue weighted by molar-refractivity contribution is -0.184. The Balaban J connectivity index is 1.51. The van der Waals surface area contributed by atoms with Gasteiger partial charge in [-0.2, -0.15) is 0 Å². The molecule has 8 heteroatoms. The van der Waals surface area contributed by atoms with Gasteiger partial charge >= 0.3 is 0 Å². The van der Waals surface area contributed by atoms with Gasteiger partial charge in [0.15, 0.2) is 11.5 Å². The van der Waals surface area contributed by atoms with Crippen molar-refractivity contribution >= 4 is 11.6 Å². The van der Waals surface area contributed by atoms with Crippen LogP contribution in [0.5, 0.6) is 11.5 Å². The third-order valence-corrected chi connectivity index (χ3v) is 9.44. The van der Waals surface area contributed by atoms with Gasteiger partial charge < -0.3 is 29.3 Å². The van der Waals surface area contributed by atoms with Crippen molar-refractivity contribution in [1.29, 1.82) is 0 Å². The number of methoxy groups -OCH3 is 2. The van der Waals surface area contributed by atoms with Gasteiger partial charge in [0.1, 0.15) is 11.7 Å².